The Morgan fingerprint density at radius 3 is 2.61 bits per heavy atom. The van der Waals surface area contributed by atoms with Gasteiger partial charge in [-0.2, -0.15) is 10.1 Å². The first-order valence-corrected chi connectivity index (χ1v) is 9.83. The molecule has 0 N–H and O–H groups in total. The Morgan fingerprint density at radius 2 is 1.94 bits per heavy atom. The van der Waals surface area contributed by atoms with Crippen LogP contribution in [0.4, 0.5) is 11.8 Å². The predicted octanol–water partition coefficient (Wildman–Crippen LogP) is 4.95. The van der Waals surface area contributed by atoms with Crippen LogP contribution < -0.4 is 5.01 Å². The summed E-state index contributed by atoms with van der Waals surface area (Å²) in [6.07, 6.45) is 1.20. The molecule has 9 nitrogen and oxygen atoms in total. The Labute approximate surface area is 184 Å². The first kappa shape index (κ1) is 20.4. The molecule has 0 saturated heterocycles. The number of anilines is 1. The maximum atomic E-state index is 12.3. The smallest absolute Gasteiger partial charge is 0.400 e. The van der Waals surface area contributed by atoms with Gasteiger partial charge in [0.15, 0.2) is 5.76 Å². The molecule has 0 bridgehead atoms. The van der Waals surface area contributed by atoms with Crippen molar-refractivity contribution >= 4 is 50.8 Å². The van der Waals surface area contributed by atoms with Gasteiger partial charge in [-0.15, -0.1) is 0 Å². The minimum absolute atomic E-state index is 0.0680. The van der Waals surface area contributed by atoms with Crippen LogP contribution in [0.1, 0.15) is 12.7 Å². The minimum Gasteiger partial charge on any atom is -0.400 e. The number of nitro groups is 1. The number of hydrogen-bond donors (Lipinski definition) is 0. The van der Waals surface area contributed by atoms with Crippen LogP contribution in [0.5, 0.6) is 0 Å². The minimum atomic E-state index is -0.656. The van der Waals surface area contributed by atoms with E-state index in [1.165, 1.54) is 25.3 Å². The fourth-order valence-corrected chi connectivity index (χ4v) is 3.26. The maximum Gasteiger partial charge on any atom is 0.433 e. The van der Waals surface area contributed by atoms with Crippen LogP contribution in [-0.4, -0.2) is 27.0 Å². The third-order valence-corrected chi connectivity index (χ3v) is 4.77. The van der Waals surface area contributed by atoms with Crippen LogP contribution in [-0.2, 0) is 4.79 Å². The summed E-state index contributed by atoms with van der Waals surface area (Å²) < 4.78 is 5.92. The summed E-state index contributed by atoms with van der Waals surface area (Å²) in [6.45, 7) is 1.32. The molecule has 0 radical (unpaired) electrons. The predicted molar refractivity (Wildman–Crippen MR) is 119 cm³/mol. The van der Waals surface area contributed by atoms with Crippen molar-refractivity contribution in [1.82, 2.24) is 9.97 Å². The lowest BCUT2D eigenvalue weighted by molar-refractivity contribution is -0.402. The van der Waals surface area contributed by atoms with Gasteiger partial charge in [0.05, 0.1) is 23.5 Å². The highest BCUT2D eigenvalue weighted by Gasteiger charge is 2.18. The largest absolute Gasteiger partial charge is 0.433 e. The summed E-state index contributed by atoms with van der Waals surface area (Å²) in [4.78, 5) is 31.5. The molecule has 4 aromatic rings. The van der Waals surface area contributed by atoms with E-state index in [0.29, 0.717) is 11.2 Å². The lowest BCUT2D eigenvalue weighted by atomic mass is 10.1. The molecule has 0 aliphatic carbocycles. The molecule has 0 aliphatic rings. The normalized spacial score (nSPS) is 11.2. The molecule has 0 fully saturated rings. The first-order chi connectivity index (χ1) is 14.9. The number of fused-ring (bicyclic) bond motifs is 1. The zero-order valence-corrected chi connectivity index (χ0v) is 17.7. The summed E-state index contributed by atoms with van der Waals surface area (Å²) in [5.74, 6) is -0.674. The average Bonchev–Trinajstić information content (AvgIpc) is 3.23. The number of carbonyl (C=O) groups is 1. The van der Waals surface area contributed by atoms with Gasteiger partial charge in [-0.05, 0) is 24.3 Å². The molecule has 31 heavy (non-hydrogen) atoms. The maximum absolute atomic E-state index is 12.3. The van der Waals surface area contributed by atoms with Gasteiger partial charge in [0.25, 0.3) is 5.95 Å². The van der Waals surface area contributed by atoms with Crippen LogP contribution in [0.3, 0.4) is 0 Å². The highest BCUT2D eigenvalue weighted by atomic mass is 79.9. The van der Waals surface area contributed by atoms with Crippen molar-refractivity contribution in [3.8, 4) is 11.3 Å². The molecule has 4 rings (SSSR count). The number of carbonyl (C=O) groups excluding carboxylic acids is 1. The van der Waals surface area contributed by atoms with Gasteiger partial charge in [0, 0.05) is 22.3 Å². The number of amides is 1. The van der Waals surface area contributed by atoms with E-state index in [-0.39, 0.29) is 11.7 Å². The first-order valence-electron chi connectivity index (χ1n) is 9.04. The molecular weight excluding hydrogens is 466 g/mol. The van der Waals surface area contributed by atoms with Gasteiger partial charge in [0.1, 0.15) is 4.92 Å². The number of nitrogens with zero attached hydrogens (tertiary/aromatic N) is 5. The van der Waals surface area contributed by atoms with Crippen molar-refractivity contribution in [3.05, 3.63) is 81.0 Å². The molecule has 2 aromatic heterocycles. The van der Waals surface area contributed by atoms with Crippen LogP contribution in [0.25, 0.3) is 22.2 Å². The van der Waals surface area contributed by atoms with E-state index in [2.05, 4.69) is 31.0 Å². The summed E-state index contributed by atoms with van der Waals surface area (Å²) >= 11 is 3.47. The van der Waals surface area contributed by atoms with Crippen LogP contribution in [0.2, 0.25) is 0 Å². The van der Waals surface area contributed by atoms with Gasteiger partial charge in [-0.25, -0.2) is 9.97 Å². The van der Waals surface area contributed by atoms with E-state index < -0.39 is 16.7 Å². The number of benzene rings is 2. The van der Waals surface area contributed by atoms with Crippen LogP contribution in [0.15, 0.2) is 74.7 Å². The van der Waals surface area contributed by atoms with E-state index in [1.807, 2.05) is 48.5 Å². The van der Waals surface area contributed by atoms with Gasteiger partial charge in [-0.3, -0.25) is 14.9 Å². The van der Waals surface area contributed by atoms with Crippen LogP contribution >= 0.6 is 15.9 Å². The number of rotatable bonds is 5. The Bertz CT molecular complexity index is 1320. The number of halogens is 1. The van der Waals surface area contributed by atoms with Crippen molar-refractivity contribution in [1.29, 1.82) is 0 Å². The second kappa shape index (κ2) is 8.44. The fourth-order valence-electron chi connectivity index (χ4n) is 2.90. The number of aromatic nitrogens is 2. The summed E-state index contributed by atoms with van der Waals surface area (Å²) in [5, 5.41) is 16.7. The summed E-state index contributed by atoms with van der Waals surface area (Å²) in [6, 6.07) is 17.7. The summed E-state index contributed by atoms with van der Waals surface area (Å²) in [5.41, 5.74) is 2.11. The Kier molecular flexibility index (Phi) is 5.54. The van der Waals surface area contributed by atoms with Gasteiger partial charge >= 0.3 is 5.88 Å². The van der Waals surface area contributed by atoms with E-state index in [0.717, 1.165) is 20.4 Å². The third-order valence-electron chi connectivity index (χ3n) is 4.27. The number of hydrazone groups is 1. The quantitative estimate of drug-likeness (QED) is 0.227. The molecular formula is C21H14BrN5O4. The Balaban J connectivity index is 1.82. The van der Waals surface area contributed by atoms with Crippen molar-refractivity contribution in [2.45, 2.75) is 6.92 Å². The standard InChI is InChI=1S/C21H14BrN5O4/c1-13(28)26(23-12-16-8-10-19(31-16)27(29)30)21-24-18-9-7-15(22)11-17(18)20(25-21)14-5-3-2-4-6-14/h2-12H,1H3/b23-12+. The lowest BCUT2D eigenvalue weighted by Crippen LogP contribution is -2.24. The van der Waals surface area contributed by atoms with Crippen LogP contribution in [0, 0.1) is 10.1 Å². The second-order valence-corrected chi connectivity index (χ2v) is 7.32. The van der Waals surface area contributed by atoms with Gasteiger partial charge in [-0.1, -0.05) is 46.3 Å². The SMILES string of the molecule is CC(=O)N(/N=C/c1ccc([N+](=O)[O-])o1)c1nc(-c2ccccc2)c2cc(Br)ccc2n1. The monoisotopic (exact) mass is 479 g/mol. The number of hydrogen-bond acceptors (Lipinski definition) is 7. The molecule has 10 heteroatoms. The Hall–Kier alpha value is -3.92. The molecule has 0 saturated carbocycles. The highest BCUT2D eigenvalue weighted by Crippen LogP contribution is 2.30. The van der Waals surface area contributed by atoms with Gasteiger partial charge in [0.2, 0.25) is 5.91 Å². The van der Waals surface area contributed by atoms with Crippen molar-refractivity contribution < 1.29 is 14.1 Å². The molecule has 0 unspecified atom stereocenters. The van der Waals surface area contributed by atoms with Gasteiger partial charge < -0.3 is 4.42 Å². The fraction of sp³-hybridized carbons (Fsp3) is 0.0476. The highest BCUT2D eigenvalue weighted by molar-refractivity contribution is 9.10. The van der Waals surface area contributed by atoms with E-state index in [4.69, 9.17) is 4.42 Å². The zero-order chi connectivity index (χ0) is 22.0. The lowest BCUT2D eigenvalue weighted by Gasteiger charge is -2.15. The molecule has 154 valence electrons. The third kappa shape index (κ3) is 4.33. The van der Waals surface area contributed by atoms with E-state index in [9.17, 15) is 14.9 Å². The molecule has 2 heterocycles. The topological polar surface area (TPSA) is 115 Å². The van der Waals surface area contributed by atoms with Crippen molar-refractivity contribution in [3.63, 3.8) is 0 Å². The van der Waals surface area contributed by atoms with E-state index >= 15 is 0 Å². The molecule has 0 atom stereocenters. The van der Waals surface area contributed by atoms with E-state index in [1.54, 1.807) is 0 Å². The zero-order valence-electron chi connectivity index (χ0n) is 16.1. The second-order valence-electron chi connectivity index (χ2n) is 6.41. The molecule has 1 amide bonds. The molecule has 0 aliphatic heterocycles. The average molecular weight is 480 g/mol. The molecule has 0 spiro atoms. The molecule has 2 aromatic carbocycles. The van der Waals surface area contributed by atoms with Crippen molar-refractivity contribution in [2.24, 2.45) is 5.10 Å². The number of furan rings is 1. The summed E-state index contributed by atoms with van der Waals surface area (Å²) in [7, 11) is 0. The van der Waals surface area contributed by atoms with Crippen molar-refractivity contribution in [2.75, 3.05) is 5.01 Å². The Morgan fingerprint density at radius 1 is 1.16 bits per heavy atom.